The van der Waals surface area contributed by atoms with Crippen LogP contribution in [0.3, 0.4) is 0 Å². The van der Waals surface area contributed by atoms with Gasteiger partial charge in [0.25, 0.3) is 0 Å². The van der Waals surface area contributed by atoms with Crippen molar-refractivity contribution in [3.05, 3.63) is 47.3 Å². The van der Waals surface area contributed by atoms with Crippen molar-refractivity contribution in [1.82, 2.24) is 9.80 Å². The molecule has 8 nitrogen and oxygen atoms in total. The van der Waals surface area contributed by atoms with Crippen molar-refractivity contribution in [3.63, 3.8) is 0 Å². The summed E-state index contributed by atoms with van der Waals surface area (Å²) in [6, 6.07) is 5.02. The van der Waals surface area contributed by atoms with Crippen LogP contribution in [0.2, 0.25) is 0 Å². The zero-order valence-electron chi connectivity index (χ0n) is 25.9. The van der Waals surface area contributed by atoms with Gasteiger partial charge in [0.15, 0.2) is 0 Å². The fraction of sp³-hybridized carbons (Fsp3) is 0.636. The van der Waals surface area contributed by atoms with E-state index in [4.69, 9.17) is 14.2 Å². The van der Waals surface area contributed by atoms with Crippen molar-refractivity contribution >= 4 is 23.8 Å². The molecule has 1 aromatic rings. The number of piperazine rings is 1. The van der Waals surface area contributed by atoms with Crippen LogP contribution in [0.4, 0.5) is 14.9 Å². The number of benzene rings is 1. The molecule has 232 valence electrons. The SMILES string of the molecule is C/C(=C\c1cc(F)cc(N2CCOCC2)c1)[C@H]1OC(=O)C[C@H](C)CC[C@H](C)[C@@H](OC(=O)N2CCN(C)CC2)/C=C/[C@@H]1C. The van der Waals surface area contributed by atoms with E-state index in [1.807, 2.05) is 38.1 Å². The lowest BCUT2D eigenvalue weighted by atomic mass is 9.89. The third-order valence-corrected chi connectivity index (χ3v) is 8.65. The van der Waals surface area contributed by atoms with Crippen LogP contribution in [0.1, 0.15) is 52.5 Å². The maximum atomic E-state index is 14.7. The largest absolute Gasteiger partial charge is 0.457 e. The standard InChI is InChI=1S/C33H48FN3O5/c1-23-6-7-24(2)30(41-33(39)37-12-10-35(5)11-13-37)9-8-25(3)32(42-31(38)18-23)26(4)19-27-20-28(34)22-29(21-27)36-14-16-40-17-15-36/h8-9,19-25,30,32H,6-7,10-18H2,1-5H3/b9-8+,26-19+/t23-,24+,25+,30+,32+/m1/s1. The molecule has 3 heterocycles. The quantitative estimate of drug-likeness (QED) is 0.347. The summed E-state index contributed by atoms with van der Waals surface area (Å²) >= 11 is 0. The van der Waals surface area contributed by atoms with Gasteiger partial charge in [0.1, 0.15) is 18.0 Å². The fourth-order valence-corrected chi connectivity index (χ4v) is 5.84. The Morgan fingerprint density at radius 2 is 1.71 bits per heavy atom. The lowest BCUT2D eigenvalue weighted by Gasteiger charge is -2.33. The van der Waals surface area contributed by atoms with E-state index in [1.54, 1.807) is 11.0 Å². The van der Waals surface area contributed by atoms with E-state index in [9.17, 15) is 14.0 Å². The van der Waals surface area contributed by atoms with E-state index in [1.165, 1.54) is 6.07 Å². The maximum absolute atomic E-state index is 14.7. The Morgan fingerprint density at radius 1 is 1.00 bits per heavy atom. The highest BCUT2D eigenvalue weighted by atomic mass is 19.1. The van der Waals surface area contributed by atoms with Gasteiger partial charge in [-0.25, -0.2) is 9.18 Å². The molecule has 0 radical (unpaired) electrons. The molecule has 0 saturated carbocycles. The van der Waals surface area contributed by atoms with Gasteiger partial charge < -0.3 is 28.9 Å². The number of likely N-dealkylation sites (N-methyl/N-ethyl adjacent to an activating group) is 1. The smallest absolute Gasteiger partial charge is 0.410 e. The molecule has 0 aromatic heterocycles. The Bertz CT molecular complexity index is 1130. The van der Waals surface area contributed by atoms with Crippen LogP contribution in [0.15, 0.2) is 35.9 Å². The first-order valence-corrected chi connectivity index (χ1v) is 15.4. The van der Waals surface area contributed by atoms with Gasteiger partial charge in [-0.05, 0) is 74.1 Å². The number of cyclic esters (lactones) is 1. The number of ether oxygens (including phenoxy) is 3. The molecule has 5 atom stereocenters. The Hall–Kier alpha value is -2.91. The molecule has 9 heteroatoms. The third kappa shape index (κ3) is 9.04. The van der Waals surface area contributed by atoms with Gasteiger partial charge in [-0.1, -0.05) is 32.9 Å². The molecule has 0 unspecified atom stereocenters. The Kier molecular flexibility index (Phi) is 11.4. The van der Waals surface area contributed by atoms with E-state index < -0.39 is 6.10 Å². The van der Waals surface area contributed by atoms with Crippen LogP contribution in [0.5, 0.6) is 0 Å². The van der Waals surface area contributed by atoms with Gasteiger partial charge in [-0.3, -0.25) is 4.79 Å². The van der Waals surface area contributed by atoms with Crippen LogP contribution in [-0.2, 0) is 19.0 Å². The minimum atomic E-state index is -0.542. The highest BCUT2D eigenvalue weighted by molar-refractivity contribution is 5.71. The summed E-state index contributed by atoms with van der Waals surface area (Å²) in [7, 11) is 2.06. The van der Waals surface area contributed by atoms with Crippen LogP contribution in [0, 0.1) is 23.6 Å². The van der Waals surface area contributed by atoms with E-state index in [0.29, 0.717) is 51.4 Å². The van der Waals surface area contributed by atoms with Crippen molar-refractivity contribution in [2.45, 2.75) is 59.2 Å². The van der Waals surface area contributed by atoms with E-state index in [-0.39, 0.29) is 41.7 Å². The van der Waals surface area contributed by atoms with Crippen LogP contribution >= 0.6 is 0 Å². The molecule has 3 aliphatic rings. The van der Waals surface area contributed by atoms with Crippen molar-refractivity contribution in [1.29, 1.82) is 0 Å². The zero-order chi connectivity index (χ0) is 30.2. The van der Waals surface area contributed by atoms with E-state index >= 15 is 0 Å². The number of hydrogen-bond donors (Lipinski definition) is 0. The van der Waals surface area contributed by atoms with Crippen molar-refractivity contribution in [2.75, 3.05) is 64.4 Å². The molecule has 0 spiro atoms. The highest BCUT2D eigenvalue weighted by Gasteiger charge is 2.29. The highest BCUT2D eigenvalue weighted by Crippen LogP contribution is 2.28. The number of amides is 1. The first-order chi connectivity index (χ1) is 20.1. The lowest BCUT2D eigenvalue weighted by molar-refractivity contribution is -0.149. The van der Waals surface area contributed by atoms with Crippen LogP contribution in [-0.4, -0.2) is 93.6 Å². The Labute approximate surface area is 250 Å². The number of morpholine rings is 1. The average Bonchev–Trinajstić information content (AvgIpc) is 2.96. The number of carbonyl (C=O) groups is 2. The van der Waals surface area contributed by atoms with Crippen LogP contribution in [0.25, 0.3) is 6.08 Å². The number of hydrogen-bond acceptors (Lipinski definition) is 7. The topological polar surface area (TPSA) is 71.5 Å². The van der Waals surface area contributed by atoms with Crippen molar-refractivity contribution < 1.29 is 28.2 Å². The number of anilines is 1. The second-order valence-electron chi connectivity index (χ2n) is 12.4. The molecular weight excluding hydrogens is 537 g/mol. The van der Waals surface area contributed by atoms with E-state index in [0.717, 1.165) is 37.2 Å². The number of carbonyl (C=O) groups excluding carboxylic acids is 2. The number of halogens is 1. The summed E-state index contributed by atoms with van der Waals surface area (Å²) in [5.41, 5.74) is 2.35. The number of nitrogens with zero attached hydrogens (tertiary/aromatic N) is 3. The average molecular weight is 586 g/mol. The molecule has 2 fully saturated rings. The van der Waals surface area contributed by atoms with Crippen molar-refractivity contribution in [3.8, 4) is 0 Å². The normalized spacial score (nSPS) is 29.7. The Morgan fingerprint density at radius 3 is 2.43 bits per heavy atom. The molecule has 0 bridgehead atoms. The zero-order valence-corrected chi connectivity index (χ0v) is 25.9. The summed E-state index contributed by atoms with van der Waals surface area (Å²) in [5.74, 6) is -0.501. The van der Waals surface area contributed by atoms with Gasteiger partial charge in [0, 0.05) is 57.3 Å². The summed E-state index contributed by atoms with van der Waals surface area (Å²) in [4.78, 5) is 32.2. The summed E-state index contributed by atoms with van der Waals surface area (Å²) in [6.07, 6.45) is 6.63. The minimum absolute atomic E-state index is 0.101. The molecular formula is C33H48FN3O5. The predicted molar refractivity (Wildman–Crippen MR) is 163 cm³/mol. The van der Waals surface area contributed by atoms with Gasteiger partial charge >= 0.3 is 12.1 Å². The summed E-state index contributed by atoms with van der Waals surface area (Å²) in [5, 5.41) is 0. The third-order valence-electron chi connectivity index (χ3n) is 8.65. The van der Waals surface area contributed by atoms with E-state index in [2.05, 4.69) is 30.7 Å². The number of esters is 1. The van der Waals surface area contributed by atoms with Crippen LogP contribution < -0.4 is 4.90 Å². The Balaban J connectivity index is 1.56. The van der Waals surface area contributed by atoms with Gasteiger partial charge in [0.2, 0.25) is 0 Å². The second-order valence-corrected chi connectivity index (χ2v) is 12.4. The number of rotatable bonds is 4. The van der Waals surface area contributed by atoms with Gasteiger partial charge in [0.05, 0.1) is 13.2 Å². The summed E-state index contributed by atoms with van der Waals surface area (Å²) in [6.45, 7) is 13.7. The minimum Gasteiger partial charge on any atom is -0.457 e. The molecule has 0 aliphatic carbocycles. The first kappa shape index (κ1) is 32.0. The monoisotopic (exact) mass is 585 g/mol. The molecule has 42 heavy (non-hydrogen) atoms. The summed E-state index contributed by atoms with van der Waals surface area (Å²) < 4.78 is 32.2. The first-order valence-electron chi connectivity index (χ1n) is 15.4. The lowest BCUT2D eigenvalue weighted by Crippen LogP contribution is -2.48. The van der Waals surface area contributed by atoms with Gasteiger partial charge in [-0.15, -0.1) is 0 Å². The predicted octanol–water partition coefficient (Wildman–Crippen LogP) is 5.38. The fourth-order valence-electron chi connectivity index (χ4n) is 5.84. The molecule has 1 aromatic carbocycles. The van der Waals surface area contributed by atoms with Gasteiger partial charge in [-0.2, -0.15) is 0 Å². The molecule has 4 rings (SSSR count). The second kappa shape index (κ2) is 15.0. The molecule has 2 saturated heterocycles. The van der Waals surface area contributed by atoms with Crippen molar-refractivity contribution in [2.24, 2.45) is 17.8 Å². The molecule has 1 amide bonds. The molecule has 0 N–H and O–H groups in total. The molecule has 3 aliphatic heterocycles. The maximum Gasteiger partial charge on any atom is 0.410 e.